The summed E-state index contributed by atoms with van der Waals surface area (Å²) in [5.41, 5.74) is 0.933. The molecule has 0 spiro atoms. The monoisotopic (exact) mass is 378 g/mol. The summed E-state index contributed by atoms with van der Waals surface area (Å²) in [6, 6.07) is 0. The molecule has 0 heterocycles. The Balaban J connectivity index is 2.57. The molecule has 2 aliphatic rings. The number of rotatable bonds is 1. The van der Waals surface area contributed by atoms with Crippen molar-refractivity contribution < 1.29 is 0 Å². The summed E-state index contributed by atoms with van der Waals surface area (Å²) >= 11 is 2.07. The fraction of sp³-hybridized carbons (Fsp3) is 0.846. The predicted molar refractivity (Wildman–Crippen MR) is 73.9 cm³/mol. The summed E-state index contributed by atoms with van der Waals surface area (Å²) in [5.74, 6) is 0.882. The van der Waals surface area contributed by atoms with Crippen molar-refractivity contribution in [2.45, 2.75) is 48.4 Å². The van der Waals surface area contributed by atoms with E-state index in [0.717, 1.165) is 5.92 Å². The van der Waals surface area contributed by atoms with E-state index in [2.05, 4.69) is 51.5 Å². The Labute approximate surface area is 107 Å². The molecule has 2 aliphatic carbocycles. The van der Waals surface area contributed by atoms with Crippen molar-refractivity contribution in [3.63, 3.8) is 0 Å². The van der Waals surface area contributed by atoms with Crippen LogP contribution in [-0.2, 0) is 0 Å². The molecule has 0 N–H and O–H groups in total. The summed E-state index contributed by atoms with van der Waals surface area (Å²) in [6.45, 7) is 7.44. The van der Waals surface area contributed by atoms with Crippen LogP contribution in [0.15, 0.2) is 8.07 Å². The quantitative estimate of drug-likeness (QED) is 0.566. The zero-order valence-electron chi connectivity index (χ0n) is 10.9. The summed E-state index contributed by atoms with van der Waals surface area (Å²) in [5, 5.41) is 0. The number of hydrogen-bond acceptors (Lipinski definition) is 0. The van der Waals surface area contributed by atoms with Crippen LogP contribution in [0.1, 0.15) is 33.6 Å². The third-order valence-corrected chi connectivity index (χ3v) is 13.8. The van der Waals surface area contributed by atoms with Crippen molar-refractivity contribution in [1.29, 1.82) is 0 Å². The van der Waals surface area contributed by atoms with E-state index in [4.69, 9.17) is 0 Å². The average molecular weight is 378 g/mol. The summed E-state index contributed by atoms with van der Waals surface area (Å²) in [4.78, 5) is 7.68. The van der Waals surface area contributed by atoms with E-state index in [1.165, 1.54) is 12.8 Å². The first kappa shape index (κ1) is 12.5. The van der Waals surface area contributed by atoms with Crippen LogP contribution in [0.2, 0.25) is 14.8 Å². The Morgan fingerprint density at radius 1 is 1.20 bits per heavy atom. The van der Waals surface area contributed by atoms with Crippen LogP contribution in [0.4, 0.5) is 0 Å². The Bertz CT molecular complexity index is 335. The molecule has 15 heavy (non-hydrogen) atoms. The molecule has 0 aliphatic heterocycles. The molecule has 86 valence electrons. The first-order valence-electron chi connectivity index (χ1n) is 6.03. The molecule has 2 atom stereocenters. The Morgan fingerprint density at radius 3 is 2.00 bits per heavy atom. The van der Waals surface area contributed by atoms with E-state index in [9.17, 15) is 0 Å². The number of fused-ring (bicyclic) bond motifs is 2. The molecule has 0 aromatic heterocycles. The van der Waals surface area contributed by atoms with Gasteiger partial charge in [0.15, 0.2) is 0 Å². The minimum atomic E-state index is -1.89. The van der Waals surface area contributed by atoms with E-state index < -0.39 is 18.4 Å². The van der Waals surface area contributed by atoms with Gasteiger partial charge in [-0.2, -0.15) is 0 Å². The topological polar surface area (TPSA) is 0 Å². The standard InChI is InChI=1S/C10H14Br.3CH3.Sn/c1-9(2)7-4-5-10(9,3)8(11)6-7;;;;/h7H,4-5H2,1-3H3;3*1H3;. The molecule has 1 saturated carbocycles. The van der Waals surface area contributed by atoms with Crippen molar-refractivity contribution in [2.24, 2.45) is 16.7 Å². The first-order valence-corrected chi connectivity index (χ1v) is 16.8. The summed E-state index contributed by atoms with van der Waals surface area (Å²) < 4.78 is 3.50. The van der Waals surface area contributed by atoms with E-state index in [0.29, 0.717) is 10.8 Å². The third kappa shape index (κ3) is 1.44. The van der Waals surface area contributed by atoms with Crippen LogP contribution in [0.25, 0.3) is 0 Å². The van der Waals surface area contributed by atoms with Crippen molar-refractivity contribution in [3.05, 3.63) is 8.07 Å². The Morgan fingerprint density at radius 2 is 1.73 bits per heavy atom. The molecule has 2 rings (SSSR count). The van der Waals surface area contributed by atoms with Gasteiger partial charge in [0.1, 0.15) is 0 Å². The minimum absolute atomic E-state index is 0.442. The van der Waals surface area contributed by atoms with E-state index in [-0.39, 0.29) is 0 Å². The van der Waals surface area contributed by atoms with Gasteiger partial charge < -0.3 is 0 Å². The van der Waals surface area contributed by atoms with E-state index in [1.807, 2.05) is 3.59 Å². The van der Waals surface area contributed by atoms with Crippen LogP contribution < -0.4 is 0 Å². The van der Waals surface area contributed by atoms with Crippen molar-refractivity contribution in [2.75, 3.05) is 0 Å². The van der Waals surface area contributed by atoms with Gasteiger partial charge in [0.2, 0.25) is 0 Å². The number of halogens is 1. The maximum absolute atomic E-state index is 3.96. The normalized spacial score (nSPS) is 39.0. The fourth-order valence-electron chi connectivity index (χ4n) is 3.70. The molecular formula is C13H23BrSn. The van der Waals surface area contributed by atoms with E-state index in [1.54, 1.807) is 4.48 Å². The molecule has 0 amide bonds. The fourth-order valence-corrected chi connectivity index (χ4v) is 15.8. The van der Waals surface area contributed by atoms with Gasteiger partial charge in [0, 0.05) is 0 Å². The molecule has 1 fully saturated rings. The zero-order chi connectivity index (χ0) is 11.6. The van der Waals surface area contributed by atoms with Gasteiger partial charge in [-0.1, -0.05) is 0 Å². The van der Waals surface area contributed by atoms with Gasteiger partial charge in [-0.15, -0.1) is 0 Å². The molecule has 0 saturated heterocycles. The second kappa shape index (κ2) is 3.28. The van der Waals surface area contributed by atoms with Gasteiger partial charge in [-0.3, -0.25) is 0 Å². The third-order valence-electron chi connectivity index (χ3n) is 5.10. The molecule has 0 nitrogen and oxygen atoms in total. The van der Waals surface area contributed by atoms with Crippen LogP contribution >= 0.6 is 15.9 Å². The van der Waals surface area contributed by atoms with Gasteiger partial charge in [-0.25, -0.2) is 0 Å². The summed E-state index contributed by atoms with van der Waals surface area (Å²) in [6.07, 6.45) is 2.82. The van der Waals surface area contributed by atoms with Gasteiger partial charge in [-0.05, 0) is 0 Å². The van der Waals surface area contributed by atoms with Gasteiger partial charge in [0.05, 0.1) is 0 Å². The molecule has 0 aromatic rings. The maximum atomic E-state index is 3.96. The molecule has 0 aromatic carbocycles. The van der Waals surface area contributed by atoms with E-state index >= 15 is 0 Å². The van der Waals surface area contributed by atoms with Crippen LogP contribution in [-0.4, -0.2) is 18.4 Å². The molecule has 2 unspecified atom stereocenters. The second-order valence-electron chi connectivity index (χ2n) is 7.12. The van der Waals surface area contributed by atoms with Crippen LogP contribution in [0.3, 0.4) is 0 Å². The summed E-state index contributed by atoms with van der Waals surface area (Å²) in [7, 11) is 0. The molecule has 2 bridgehead atoms. The van der Waals surface area contributed by atoms with Gasteiger partial charge in [0.25, 0.3) is 0 Å². The number of allylic oxidation sites excluding steroid dienone is 2. The van der Waals surface area contributed by atoms with Gasteiger partial charge >= 0.3 is 108 Å². The van der Waals surface area contributed by atoms with Crippen molar-refractivity contribution >= 4 is 34.3 Å². The molecule has 2 heteroatoms. The molecule has 0 radical (unpaired) electrons. The molecular weight excluding hydrogens is 355 g/mol. The van der Waals surface area contributed by atoms with Crippen LogP contribution in [0.5, 0.6) is 0 Å². The average Bonchev–Trinajstić information content (AvgIpc) is 2.33. The number of hydrogen-bond donors (Lipinski definition) is 0. The zero-order valence-corrected chi connectivity index (χ0v) is 15.3. The predicted octanol–water partition coefficient (Wildman–Crippen LogP) is 4.97. The van der Waals surface area contributed by atoms with Crippen molar-refractivity contribution in [3.8, 4) is 0 Å². The van der Waals surface area contributed by atoms with Crippen LogP contribution in [0, 0.1) is 16.7 Å². The first-order chi connectivity index (χ1) is 6.62. The SMILES string of the molecule is CC12CCC([C]([Sn]([CH3])([CH3])[CH3])=C1Br)C2(C)C. The van der Waals surface area contributed by atoms with Crippen molar-refractivity contribution in [1.82, 2.24) is 0 Å². The Hall–Kier alpha value is 1.02. The second-order valence-corrected chi connectivity index (χ2v) is 22.3. The Kier molecular flexibility index (Phi) is 2.72.